The molecule has 27 heavy (non-hydrogen) atoms. The summed E-state index contributed by atoms with van der Waals surface area (Å²) in [4.78, 5) is 11.6. The Kier molecular flexibility index (Phi) is 5.74. The maximum absolute atomic E-state index is 13.7. The molecular weight excluding hydrogens is 369 g/mol. The van der Waals surface area contributed by atoms with Crippen molar-refractivity contribution in [3.05, 3.63) is 65.5 Å². The van der Waals surface area contributed by atoms with Crippen molar-refractivity contribution >= 4 is 15.8 Å². The first-order chi connectivity index (χ1) is 12.8. The topological polar surface area (TPSA) is 72.5 Å². The van der Waals surface area contributed by atoms with Gasteiger partial charge in [0.25, 0.3) is 0 Å². The zero-order valence-corrected chi connectivity index (χ0v) is 15.9. The van der Waals surface area contributed by atoms with Crippen molar-refractivity contribution < 1.29 is 22.3 Å². The summed E-state index contributed by atoms with van der Waals surface area (Å²) in [6.07, 6.45) is 1.18. The fourth-order valence-corrected chi connectivity index (χ4v) is 4.52. The number of rotatable bonds is 6. The second kappa shape index (κ2) is 7.88. The molecule has 1 fully saturated rings. The lowest BCUT2D eigenvalue weighted by Gasteiger charge is -2.38. The molecule has 0 aromatic heterocycles. The molecule has 0 atom stereocenters. The number of nitrogens with one attached hydrogen (secondary N) is 1. The fraction of sp³-hybridized carbons (Fsp3) is 0.350. The van der Waals surface area contributed by atoms with E-state index in [9.17, 15) is 17.6 Å². The smallest absolute Gasteiger partial charge is 0.240 e. The Morgan fingerprint density at radius 2 is 1.85 bits per heavy atom. The van der Waals surface area contributed by atoms with E-state index in [0.717, 1.165) is 5.56 Å². The number of carbonyl (C=O) groups excluding carboxylic acids is 1. The molecule has 1 N–H and O–H groups in total. The first-order valence-electron chi connectivity index (χ1n) is 8.77. The van der Waals surface area contributed by atoms with E-state index in [1.807, 2.05) is 6.07 Å². The number of hydrogen-bond acceptors (Lipinski definition) is 4. The van der Waals surface area contributed by atoms with Gasteiger partial charge in [0.15, 0.2) is 5.78 Å². The van der Waals surface area contributed by atoms with Gasteiger partial charge in [-0.2, -0.15) is 0 Å². The summed E-state index contributed by atoms with van der Waals surface area (Å²) in [6.45, 7) is 2.49. The molecular formula is C20H22FNO4S. The van der Waals surface area contributed by atoms with E-state index in [1.54, 1.807) is 18.2 Å². The van der Waals surface area contributed by atoms with E-state index in [4.69, 9.17) is 4.74 Å². The number of ether oxygens (including phenoxy) is 1. The van der Waals surface area contributed by atoms with Crippen LogP contribution in [0.15, 0.2) is 53.4 Å². The van der Waals surface area contributed by atoms with Gasteiger partial charge >= 0.3 is 0 Å². The van der Waals surface area contributed by atoms with Crippen LogP contribution in [0.1, 0.15) is 35.7 Å². The molecule has 0 radical (unpaired) electrons. The van der Waals surface area contributed by atoms with Crippen LogP contribution in [0, 0.1) is 5.82 Å². The monoisotopic (exact) mass is 391 g/mol. The van der Waals surface area contributed by atoms with E-state index in [1.165, 1.54) is 31.2 Å². The average molecular weight is 391 g/mol. The summed E-state index contributed by atoms with van der Waals surface area (Å²) in [5, 5.41) is 0. The quantitative estimate of drug-likeness (QED) is 0.768. The molecule has 5 nitrogen and oxygen atoms in total. The second-order valence-electron chi connectivity index (χ2n) is 6.81. The van der Waals surface area contributed by atoms with Crippen molar-refractivity contribution in [1.82, 2.24) is 4.72 Å². The predicted molar refractivity (Wildman–Crippen MR) is 99.8 cm³/mol. The highest BCUT2D eigenvalue weighted by molar-refractivity contribution is 7.89. The third kappa shape index (κ3) is 4.43. The maximum atomic E-state index is 13.7. The number of halogens is 1. The van der Waals surface area contributed by atoms with Crippen LogP contribution >= 0.6 is 0 Å². The third-order valence-corrected chi connectivity index (χ3v) is 6.44. The summed E-state index contributed by atoms with van der Waals surface area (Å²) in [5.74, 6) is -0.553. The Balaban J connectivity index is 1.87. The van der Waals surface area contributed by atoms with Gasteiger partial charge in [-0.1, -0.05) is 24.3 Å². The SMILES string of the molecule is CC(=O)c1cccc(S(=O)(=O)NCC2(c3cccc(F)c3)CCOCC2)c1. The number of carbonyl (C=O) groups is 1. The van der Waals surface area contributed by atoms with Crippen LogP contribution in [0.2, 0.25) is 0 Å². The molecule has 0 aliphatic carbocycles. The van der Waals surface area contributed by atoms with Crippen LogP contribution in [-0.2, 0) is 20.2 Å². The third-order valence-electron chi connectivity index (χ3n) is 5.04. The largest absolute Gasteiger partial charge is 0.381 e. The fourth-order valence-electron chi connectivity index (χ4n) is 3.35. The molecule has 0 saturated carbocycles. The van der Waals surface area contributed by atoms with Gasteiger partial charge in [-0.05, 0) is 49.6 Å². The van der Waals surface area contributed by atoms with Gasteiger partial charge < -0.3 is 4.74 Å². The highest BCUT2D eigenvalue weighted by atomic mass is 32.2. The standard InChI is InChI=1S/C20H22FNO4S/c1-15(23)16-4-2-7-19(12-16)27(24,25)22-14-20(8-10-26-11-9-20)17-5-3-6-18(21)13-17/h2-7,12-13,22H,8-11,14H2,1H3. The van der Waals surface area contributed by atoms with E-state index in [-0.39, 0.29) is 23.0 Å². The first kappa shape index (κ1) is 19.7. The molecule has 2 aromatic carbocycles. The maximum Gasteiger partial charge on any atom is 0.240 e. The molecule has 1 aliphatic rings. The molecule has 2 aromatic rings. The molecule has 0 bridgehead atoms. The molecule has 1 heterocycles. The molecule has 0 amide bonds. The Labute approximate surface area is 158 Å². The van der Waals surface area contributed by atoms with Crippen LogP contribution in [0.4, 0.5) is 4.39 Å². The van der Waals surface area contributed by atoms with Gasteiger partial charge in [-0.25, -0.2) is 17.5 Å². The molecule has 3 rings (SSSR count). The van der Waals surface area contributed by atoms with Crippen LogP contribution in [0.25, 0.3) is 0 Å². The zero-order valence-electron chi connectivity index (χ0n) is 15.1. The Bertz CT molecular complexity index is 937. The number of ketones is 1. The molecule has 144 valence electrons. The van der Waals surface area contributed by atoms with Crippen molar-refractivity contribution in [3.63, 3.8) is 0 Å². The number of sulfonamides is 1. The molecule has 0 spiro atoms. The van der Waals surface area contributed by atoms with Crippen molar-refractivity contribution in [3.8, 4) is 0 Å². The van der Waals surface area contributed by atoms with Crippen LogP contribution in [0.3, 0.4) is 0 Å². The van der Waals surface area contributed by atoms with Gasteiger partial charge in [-0.3, -0.25) is 4.79 Å². The predicted octanol–water partition coefficient (Wildman–Crippen LogP) is 3.06. The highest BCUT2D eigenvalue weighted by Crippen LogP contribution is 2.35. The van der Waals surface area contributed by atoms with Crippen molar-refractivity contribution in [2.75, 3.05) is 19.8 Å². The van der Waals surface area contributed by atoms with Gasteiger partial charge in [-0.15, -0.1) is 0 Å². The van der Waals surface area contributed by atoms with E-state index < -0.39 is 15.4 Å². The van der Waals surface area contributed by atoms with Gasteiger partial charge in [0.1, 0.15) is 5.82 Å². The minimum atomic E-state index is -3.81. The summed E-state index contributed by atoms with van der Waals surface area (Å²) in [7, 11) is -3.81. The number of benzene rings is 2. The Hall–Kier alpha value is -2.09. The Morgan fingerprint density at radius 1 is 1.15 bits per heavy atom. The number of hydrogen-bond donors (Lipinski definition) is 1. The van der Waals surface area contributed by atoms with Gasteiger partial charge in [0.05, 0.1) is 4.90 Å². The number of Topliss-reactive ketones (excluding diaryl/α,β-unsaturated/α-hetero) is 1. The molecule has 1 saturated heterocycles. The lowest BCUT2D eigenvalue weighted by atomic mass is 9.74. The van der Waals surface area contributed by atoms with Crippen LogP contribution in [0.5, 0.6) is 0 Å². The van der Waals surface area contributed by atoms with E-state index in [2.05, 4.69) is 4.72 Å². The van der Waals surface area contributed by atoms with E-state index in [0.29, 0.717) is 31.6 Å². The van der Waals surface area contributed by atoms with Crippen molar-refractivity contribution in [2.45, 2.75) is 30.1 Å². The van der Waals surface area contributed by atoms with Crippen LogP contribution in [-0.4, -0.2) is 34.0 Å². The normalized spacial score (nSPS) is 16.8. The van der Waals surface area contributed by atoms with Gasteiger partial charge in [0.2, 0.25) is 10.0 Å². The molecule has 0 unspecified atom stereocenters. The summed E-state index contributed by atoms with van der Waals surface area (Å²) < 4.78 is 47.4. The second-order valence-corrected chi connectivity index (χ2v) is 8.58. The minimum Gasteiger partial charge on any atom is -0.381 e. The lowest BCUT2D eigenvalue weighted by Crippen LogP contribution is -2.44. The Morgan fingerprint density at radius 3 is 2.52 bits per heavy atom. The van der Waals surface area contributed by atoms with Crippen LogP contribution < -0.4 is 4.72 Å². The first-order valence-corrected chi connectivity index (χ1v) is 10.3. The van der Waals surface area contributed by atoms with Crippen molar-refractivity contribution in [1.29, 1.82) is 0 Å². The highest BCUT2D eigenvalue weighted by Gasteiger charge is 2.36. The zero-order chi connectivity index (χ0) is 19.5. The van der Waals surface area contributed by atoms with Crippen molar-refractivity contribution in [2.24, 2.45) is 0 Å². The average Bonchev–Trinajstić information content (AvgIpc) is 2.67. The molecule has 7 heteroatoms. The summed E-state index contributed by atoms with van der Waals surface area (Å²) in [5.41, 5.74) is 0.556. The lowest BCUT2D eigenvalue weighted by molar-refractivity contribution is 0.0516. The minimum absolute atomic E-state index is 0.0386. The molecule has 1 aliphatic heterocycles. The van der Waals surface area contributed by atoms with Gasteiger partial charge in [0, 0.05) is 30.7 Å². The van der Waals surface area contributed by atoms with E-state index >= 15 is 0 Å². The summed E-state index contributed by atoms with van der Waals surface area (Å²) in [6, 6.07) is 12.2. The summed E-state index contributed by atoms with van der Waals surface area (Å²) >= 11 is 0.